The van der Waals surface area contributed by atoms with Gasteiger partial charge in [-0.05, 0) is 88.7 Å². The molecule has 2 amide bonds. The smallest absolute Gasteiger partial charge is 0.264 e. The Hall–Kier alpha value is -4.45. The van der Waals surface area contributed by atoms with Crippen LogP contribution in [0.1, 0.15) is 40.2 Å². The lowest BCUT2D eigenvalue weighted by atomic mass is 10.1. The Balaban J connectivity index is 2.10. The van der Waals surface area contributed by atoms with Crippen molar-refractivity contribution in [2.45, 2.75) is 57.6 Å². The third kappa shape index (κ3) is 9.04. The van der Waals surface area contributed by atoms with Gasteiger partial charge < -0.3 is 29.2 Å². The zero-order valence-corrected chi connectivity index (χ0v) is 27.9. The van der Waals surface area contributed by atoms with Crippen molar-refractivity contribution in [2.75, 3.05) is 38.8 Å². The second-order valence-electron chi connectivity index (χ2n) is 11.2. The number of benzene rings is 3. The fourth-order valence-electron chi connectivity index (χ4n) is 4.53. The van der Waals surface area contributed by atoms with Crippen molar-refractivity contribution < 1.29 is 37.0 Å². The normalized spacial score (nSPS) is 12.1. The topological polar surface area (TPSA) is 124 Å². The van der Waals surface area contributed by atoms with Gasteiger partial charge in [0.05, 0.1) is 38.5 Å². The molecular weight excluding hydrogens is 598 g/mol. The summed E-state index contributed by atoms with van der Waals surface area (Å²) in [5.74, 6) is 0.718. The van der Waals surface area contributed by atoms with Gasteiger partial charge in [0.15, 0.2) is 11.5 Å². The lowest BCUT2D eigenvalue weighted by molar-refractivity contribution is -0.140. The summed E-state index contributed by atoms with van der Waals surface area (Å²) < 4.78 is 51.0. The van der Waals surface area contributed by atoms with Crippen molar-refractivity contribution in [3.63, 3.8) is 0 Å². The molecule has 3 aromatic rings. The lowest BCUT2D eigenvalue weighted by Crippen LogP contribution is -2.54. The number of amides is 2. The first-order valence-corrected chi connectivity index (χ1v) is 15.9. The molecule has 11 nitrogen and oxygen atoms in total. The summed E-state index contributed by atoms with van der Waals surface area (Å²) in [5.41, 5.74) is 0.379. The van der Waals surface area contributed by atoms with Crippen LogP contribution in [0.2, 0.25) is 0 Å². The number of methoxy groups -OCH3 is 3. The van der Waals surface area contributed by atoms with Gasteiger partial charge in [0, 0.05) is 18.2 Å². The van der Waals surface area contributed by atoms with E-state index in [0.717, 1.165) is 4.31 Å². The van der Waals surface area contributed by atoms with E-state index in [0.29, 0.717) is 29.4 Å². The highest BCUT2D eigenvalue weighted by Gasteiger charge is 2.34. The lowest BCUT2D eigenvalue weighted by Gasteiger charge is -2.33. The highest BCUT2D eigenvalue weighted by Crippen LogP contribution is 2.33. The van der Waals surface area contributed by atoms with Crippen molar-refractivity contribution in [3.05, 3.63) is 72.3 Å². The van der Waals surface area contributed by atoms with Crippen LogP contribution in [0.15, 0.2) is 71.6 Å². The second-order valence-corrected chi connectivity index (χ2v) is 13.1. The van der Waals surface area contributed by atoms with Gasteiger partial charge in [0.2, 0.25) is 11.8 Å². The molecule has 3 aromatic carbocycles. The van der Waals surface area contributed by atoms with Crippen LogP contribution >= 0.6 is 0 Å². The highest BCUT2D eigenvalue weighted by atomic mass is 32.2. The molecule has 0 fully saturated rings. The molecule has 0 bridgehead atoms. The van der Waals surface area contributed by atoms with Crippen LogP contribution < -0.4 is 28.6 Å². The van der Waals surface area contributed by atoms with E-state index in [-0.39, 0.29) is 28.8 Å². The van der Waals surface area contributed by atoms with Gasteiger partial charge >= 0.3 is 0 Å². The zero-order valence-electron chi connectivity index (χ0n) is 27.1. The SMILES string of the molecule is CCOc1ccc(N(CC(=O)N(Cc2cccc(OC)c2)C(C)C(=O)NC(C)(C)C)S(=O)(=O)c2ccc(OC)c(OC)c2)cc1. The first-order valence-electron chi connectivity index (χ1n) is 14.5. The van der Waals surface area contributed by atoms with Crippen molar-refractivity contribution >= 4 is 27.5 Å². The van der Waals surface area contributed by atoms with Crippen LogP contribution in [-0.4, -0.2) is 71.2 Å². The molecule has 0 aliphatic rings. The predicted molar refractivity (Wildman–Crippen MR) is 173 cm³/mol. The summed E-state index contributed by atoms with van der Waals surface area (Å²) in [6, 6.07) is 16.8. The van der Waals surface area contributed by atoms with Crippen LogP contribution in [0.5, 0.6) is 23.0 Å². The molecule has 0 aliphatic heterocycles. The number of rotatable bonds is 14. The fraction of sp³-hybridized carbons (Fsp3) is 0.394. The maximum Gasteiger partial charge on any atom is 0.264 e. The first-order chi connectivity index (χ1) is 21.2. The average molecular weight is 642 g/mol. The molecular formula is C33H43N3O8S. The minimum absolute atomic E-state index is 0.0300. The molecule has 3 rings (SSSR count). The highest BCUT2D eigenvalue weighted by molar-refractivity contribution is 7.92. The van der Waals surface area contributed by atoms with Gasteiger partial charge in [-0.1, -0.05) is 12.1 Å². The Labute approximate surface area is 266 Å². The average Bonchev–Trinajstić information content (AvgIpc) is 3.01. The Morgan fingerprint density at radius 2 is 1.53 bits per heavy atom. The van der Waals surface area contributed by atoms with E-state index < -0.39 is 34.1 Å². The van der Waals surface area contributed by atoms with Crippen molar-refractivity contribution in [3.8, 4) is 23.0 Å². The Morgan fingerprint density at radius 1 is 0.867 bits per heavy atom. The predicted octanol–water partition coefficient (Wildman–Crippen LogP) is 4.64. The zero-order chi connectivity index (χ0) is 33.4. The number of hydrogen-bond acceptors (Lipinski definition) is 8. The molecule has 0 heterocycles. The molecule has 45 heavy (non-hydrogen) atoms. The number of carbonyl (C=O) groups excluding carboxylic acids is 2. The molecule has 244 valence electrons. The van der Waals surface area contributed by atoms with E-state index >= 15 is 0 Å². The molecule has 12 heteroatoms. The maximum atomic E-state index is 14.2. The van der Waals surface area contributed by atoms with Crippen LogP contribution in [-0.2, 0) is 26.2 Å². The van der Waals surface area contributed by atoms with E-state index in [4.69, 9.17) is 18.9 Å². The fourth-order valence-corrected chi connectivity index (χ4v) is 5.96. The Bertz CT molecular complexity index is 1570. The van der Waals surface area contributed by atoms with Gasteiger partial charge in [-0.15, -0.1) is 0 Å². The summed E-state index contributed by atoms with van der Waals surface area (Å²) >= 11 is 0. The van der Waals surface area contributed by atoms with E-state index in [9.17, 15) is 18.0 Å². The Kier molecular flexibility index (Phi) is 11.7. The molecule has 1 atom stereocenters. The number of nitrogens with zero attached hydrogens (tertiary/aromatic N) is 2. The molecule has 1 unspecified atom stereocenters. The third-order valence-electron chi connectivity index (χ3n) is 6.81. The minimum Gasteiger partial charge on any atom is -0.497 e. The van der Waals surface area contributed by atoms with Crippen LogP contribution in [0.3, 0.4) is 0 Å². The number of ether oxygens (including phenoxy) is 4. The standard InChI is InChI=1S/C33H43N3O8S/c1-9-44-26-15-13-25(14-16-26)36(45(39,40)28-17-18-29(42-7)30(20-28)43-8)22-31(37)35(23(2)32(38)34-33(3,4)5)21-24-11-10-12-27(19-24)41-6/h10-20,23H,9,21-22H2,1-8H3,(H,34,38). The number of carbonyl (C=O) groups is 2. The summed E-state index contributed by atoms with van der Waals surface area (Å²) in [5, 5.41) is 2.92. The van der Waals surface area contributed by atoms with Crippen molar-refractivity contribution in [2.24, 2.45) is 0 Å². The number of anilines is 1. The van der Waals surface area contributed by atoms with E-state index in [1.807, 2.05) is 33.8 Å². The molecule has 0 spiro atoms. The number of sulfonamides is 1. The number of hydrogen-bond donors (Lipinski definition) is 1. The van der Waals surface area contributed by atoms with Crippen LogP contribution in [0, 0.1) is 0 Å². The van der Waals surface area contributed by atoms with Gasteiger partial charge in [-0.3, -0.25) is 13.9 Å². The first kappa shape index (κ1) is 35.0. The molecule has 1 N–H and O–H groups in total. The summed E-state index contributed by atoms with van der Waals surface area (Å²) in [6.07, 6.45) is 0. The molecule has 0 aromatic heterocycles. The van der Waals surface area contributed by atoms with E-state index in [1.54, 1.807) is 49.4 Å². The second kappa shape index (κ2) is 15.0. The van der Waals surface area contributed by atoms with Gasteiger partial charge in [-0.25, -0.2) is 8.42 Å². The minimum atomic E-state index is -4.33. The largest absolute Gasteiger partial charge is 0.497 e. The van der Waals surface area contributed by atoms with Gasteiger partial charge in [-0.2, -0.15) is 0 Å². The van der Waals surface area contributed by atoms with Gasteiger partial charge in [0.25, 0.3) is 10.0 Å². The van der Waals surface area contributed by atoms with Crippen LogP contribution in [0.4, 0.5) is 5.69 Å². The van der Waals surface area contributed by atoms with Crippen LogP contribution in [0.25, 0.3) is 0 Å². The molecule has 0 aliphatic carbocycles. The third-order valence-corrected chi connectivity index (χ3v) is 8.58. The molecule has 0 saturated heterocycles. The maximum absolute atomic E-state index is 14.2. The molecule has 0 saturated carbocycles. The summed E-state index contributed by atoms with van der Waals surface area (Å²) in [4.78, 5) is 28.8. The number of nitrogens with one attached hydrogen (secondary N) is 1. The molecule has 0 radical (unpaired) electrons. The van der Waals surface area contributed by atoms with Crippen molar-refractivity contribution in [1.29, 1.82) is 0 Å². The summed E-state index contributed by atoms with van der Waals surface area (Å²) in [7, 11) is 0.0565. The Morgan fingerprint density at radius 3 is 2.11 bits per heavy atom. The van der Waals surface area contributed by atoms with E-state index in [2.05, 4.69) is 5.32 Å². The quantitative estimate of drug-likeness (QED) is 0.270. The monoisotopic (exact) mass is 641 g/mol. The van der Waals surface area contributed by atoms with Gasteiger partial charge in [0.1, 0.15) is 24.1 Å². The van der Waals surface area contributed by atoms with E-state index in [1.165, 1.54) is 44.4 Å². The van der Waals surface area contributed by atoms with Crippen molar-refractivity contribution in [1.82, 2.24) is 10.2 Å². The summed E-state index contributed by atoms with van der Waals surface area (Å²) in [6.45, 7) is 8.85.